The topological polar surface area (TPSA) is 54.1 Å². The summed E-state index contributed by atoms with van der Waals surface area (Å²) in [6, 6.07) is 11.2. The van der Waals surface area contributed by atoms with Gasteiger partial charge in [0.1, 0.15) is 0 Å². The van der Waals surface area contributed by atoms with Gasteiger partial charge in [-0.15, -0.1) is 0 Å². The van der Waals surface area contributed by atoms with Crippen LogP contribution >= 0.6 is 11.8 Å². The Kier molecular flexibility index (Phi) is 6.19. The van der Waals surface area contributed by atoms with Gasteiger partial charge in [0.05, 0.1) is 19.8 Å². The highest BCUT2D eigenvalue weighted by molar-refractivity contribution is 7.99. The normalized spacial score (nSPS) is 23.9. The summed E-state index contributed by atoms with van der Waals surface area (Å²) in [5, 5.41) is 0. The zero-order valence-electron chi connectivity index (χ0n) is 13.6. The Morgan fingerprint density at radius 2 is 2.00 bits per heavy atom. The fourth-order valence-electron chi connectivity index (χ4n) is 2.97. The molecule has 2 heterocycles. The minimum absolute atomic E-state index is 0.466. The van der Waals surface area contributed by atoms with E-state index in [1.165, 1.54) is 11.3 Å². The van der Waals surface area contributed by atoms with Crippen LogP contribution in [0.3, 0.4) is 0 Å². The number of hydrogen-bond acceptors (Lipinski definition) is 4. The smallest absolute Gasteiger partial charge is 0.191 e. The van der Waals surface area contributed by atoms with Crippen molar-refractivity contribution in [2.24, 2.45) is 10.7 Å². The number of guanidine groups is 1. The average Bonchev–Trinajstić information content (AvgIpc) is 2.62. The van der Waals surface area contributed by atoms with Crippen molar-refractivity contribution in [1.82, 2.24) is 9.80 Å². The van der Waals surface area contributed by atoms with Crippen molar-refractivity contribution in [3.8, 4) is 0 Å². The summed E-state index contributed by atoms with van der Waals surface area (Å²) >= 11 is 2.02. The van der Waals surface area contributed by atoms with Crippen molar-refractivity contribution in [2.45, 2.75) is 12.6 Å². The van der Waals surface area contributed by atoms with E-state index in [1.807, 2.05) is 11.8 Å². The fraction of sp³-hybridized carbons (Fsp3) is 0.588. The summed E-state index contributed by atoms with van der Waals surface area (Å²) in [5.41, 5.74) is 7.53. The van der Waals surface area contributed by atoms with Crippen LogP contribution in [0.4, 0.5) is 0 Å². The molecule has 0 aliphatic carbocycles. The highest BCUT2D eigenvalue weighted by Gasteiger charge is 2.23. The first-order chi connectivity index (χ1) is 11.3. The maximum absolute atomic E-state index is 6.16. The van der Waals surface area contributed by atoms with Crippen LogP contribution in [0, 0.1) is 0 Å². The van der Waals surface area contributed by atoms with Crippen LogP contribution < -0.4 is 5.73 Å². The Labute approximate surface area is 142 Å². The van der Waals surface area contributed by atoms with Gasteiger partial charge in [-0.2, -0.15) is 11.8 Å². The van der Waals surface area contributed by atoms with Crippen molar-refractivity contribution >= 4 is 17.7 Å². The van der Waals surface area contributed by atoms with E-state index in [0.29, 0.717) is 12.0 Å². The van der Waals surface area contributed by atoms with Gasteiger partial charge in [-0.05, 0) is 5.56 Å². The zero-order valence-corrected chi connectivity index (χ0v) is 14.4. The van der Waals surface area contributed by atoms with E-state index in [2.05, 4.69) is 45.1 Å². The van der Waals surface area contributed by atoms with Crippen LogP contribution in [0.5, 0.6) is 0 Å². The van der Waals surface area contributed by atoms with Crippen molar-refractivity contribution < 1.29 is 4.74 Å². The third-order valence-electron chi connectivity index (χ3n) is 4.38. The largest absolute Gasteiger partial charge is 0.378 e. The molecule has 3 rings (SSSR count). The van der Waals surface area contributed by atoms with E-state index >= 15 is 0 Å². The van der Waals surface area contributed by atoms with Crippen LogP contribution in [0.15, 0.2) is 35.3 Å². The lowest BCUT2D eigenvalue weighted by Gasteiger charge is -2.35. The highest BCUT2D eigenvalue weighted by Crippen LogP contribution is 2.19. The molecule has 1 atom stereocenters. The van der Waals surface area contributed by atoms with Gasteiger partial charge in [-0.3, -0.25) is 9.89 Å². The first-order valence-corrected chi connectivity index (χ1v) is 9.47. The second kappa shape index (κ2) is 8.57. The van der Waals surface area contributed by atoms with Gasteiger partial charge >= 0.3 is 0 Å². The number of aliphatic imine (C=N–C) groups is 1. The number of benzene rings is 1. The molecule has 5 nitrogen and oxygen atoms in total. The second-order valence-electron chi connectivity index (χ2n) is 5.98. The molecule has 0 spiro atoms. The SMILES string of the molecule is NC(=NCC1CSCCN1Cc1ccccc1)N1CCOCC1. The van der Waals surface area contributed by atoms with E-state index in [0.717, 1.165) is 51.7 Å². The Morgan fingerprint density at radius 3 is 2.78 bits per heavy atom. The number of nitrogens with two attached hydrogens (primary N) is 1. The van der Waals surface area contributed by atoms with Gasteiger partial charge in [0.25, 0.3) is 0 Å². The number of ether oxygens (including phenoxy) is 1. The number of rotatable bonds is 4. The molecule has 6 heteroatoms. The molecule has 126 valence electrons. The third-order valence-corrected chi connectivity index (χ3v) is 5.47. The van der Waals surface area contributed by atoms with Gasteiger partial charge in [0, 0.05) is 43.7 Å². The number of hydrogen-bond donors (Lipinski definition) is 1. The molecule has 1 unspecified atom stereocenters. The molecule has 0 aromatic heterocycles. The molecular formula is C17H26N4OS. The first-order valence-electron chi connectivity index (χ1n) is 8.31. The molecule has 23 heavy (non-hydrogen) atoms. The first kappa shape index (κ1) is 16.6. The van der Waals surface area contributed by atoms with Crippen molar-refractivity contribution in [3.63, 3.8) is 0 Å². The molecule has 1 aromatic carbocycles. The zero-order chi connectivity index (χ0) is 15.9. The molecule has 2 aliphatic rings. The molecule has 0 amide bonds. The summed E-state index contributed by atoms with van der Waals surface area (Å²) in [4.78, 5) is 9.34. The molecular weight excluding hydrogens is 308 g/mol. The van der Waals surface area contributed by atoms with Crippen LogP contribution in [-0.4, -0.2) is 72.7 Å². The van der Waals surface area contributed by atoms with Crippen LogP contribution in [0.2, 0.25) is 0 Å². The van der Waals surface area contributed by atoms with Gasteiger partial charge in [-0.25, -0.2) is 0 Å². The number of thioether (sulfide) groups is 1. The maximum Gasteiger partial charge on any atom is 0.191 e. The predicted octanol–water partition coefficient (Wildman–Crippen LogP) is 1.25. The second-order valence-corrected chi connectivity index (χ2v) is 7.13. The maximum atomic E-state index is 6.16. The summed E-state index contributed by atoms with van der Waals surface area (Å²) in [7, 11) is 0. The van der Waals surface area contributed by atoms with Gasteiger partial charge in [-0.1, -0.05) is 30.3 Å². The quantitative estimate of drug-likeness (QED) is 0.663. The van der Waals surface area contributed by atoms with Crippen LogP contribution in [-0.2, 0) is 11.3 Å². The van der Waals surface area contributed by atoms with Crippen molar-refractivity contribution in [3.05, 3.63) is 35.9 Å². The molecule has 0 bridgehead atoms. The summed E-state index contributed by atoms with van der Waals surface area (Å²) in [6.07, 6.45) is 0. The van der Waals surface area contributed by atoms with E-state index in [-0.39, 0.29) is 0 Å². The minimum Gasteiger partial charge on any atom is -0.378 e. The predicted molar refractivity (Wildman–Crippen MR) is 96.8 cm³/mol. The Balaban J connectivity index is 1.57. The van der Waals surface area contributed by atoms with E-state index in [9.17, 15) is 0 Å². The van der Waals surface area contributed by atoms with E-state index < -0.39 is 0 Å². The van der Waals surface area contributed by atoms with Gasteiger partial charge < -0.3 is 15.4 Å². The van der Waals surface area contributed by atoms with E-state index in [1.54, 1.807) is 0 Å². The molecule has 2 fully saturated rings. The molecule has 2 aliphatic heterocycles. The highest BCUT2D eigenvalue weighted by atomic mass is 32.2. The molecule has 2 N–H and O–H groups in total. The Hall–Kier alpha value is -1.24. The monoisotopic (exact) mass is 334 g/mol. The number of morpholine rings is 1. The molecule has 2 saturated heterocycles. The van der Waals surface area contributed by atoms with E-state index in [4.69, 9.17) is 10.5 Å². The molecule has 0 saturated carbocycles. The Morgan fingerprint density at radius 1 is 1.22 bits per heavy atom. The molecule has 1 aromatic rings. The van der Waals surface area contributed by atoms with Crippen LogP contribution in [0.25, 0.3) is 0 Å². The van der Waals surface area contributed by atoms with Gasteiger partial charge in [0.2, 0.25) is 0 Å². The fourth-order valence-corrected chi connectivity index (χ4v) is 4.09. The summed E-state index contributed by atoms with van der Waals surface area (Å²) < 4.78 is 5.36. The van der Waals surface area contributed by atoms with Crippen molar-refractivity contribution in [1.29, 1.82) is 0 Å². The summed E-state index contributed by atoms with van der Waals surface area (Å²) in [6.45, 7) is 6.09. The Bertz CT molecular complexity index is 505. The number of nitrogens with zero attached hydrogens (tertiary/aromatic N) is 3. The van der Waals surface area contributed by atoms with Crippen LogP contribution in [0.1, 0.15) is 5.56 Å². The average molecular weight is 334 g/mol. The third kappa shape index (κ3) is 4.86. The summed E-state index contributed by atoms with van der Waals surface area (Å²) in [5.74, 6) is 3.00. The lowest BCUT2D eigenvalue weighted by molar-refractivity contribution is 0.0673. The lowest BCUT2D eigenvalue weighted by Crippen LogP contribution is -2.47. The lowest BCUT2D eigenvalue weighted by atomic mass is 10.2. The minimum atomic E-state index is 0.466. The molecule has 0 radical (unpaired) electrons. The van der Waals surface area contributed by atoms with Crippen molar-refractivity contribution in [2.75, 3.05) is 50.9 Å². The standard InChI is InChI=1S/C17H26N4OS/c18-17(20-6-9-22-10-7-20)19-12-16-14-23-11-8-21(16)13-15-4-2-1-3-5-15/h1-5,16H,6-14H2,(H2,18,19). The van der Waals surface area contributed by atoms with Gasteiger partial charge in [0.15, 0.2) is 5.96 Å².